The molecule has 0 unspecified atom stereocenters. The number of amides is 1. The highest BCUT2D eigenvalue weighted by Crippen LogP contribution is 2.30. The number of carbonyl (C=O) groups excluding carboxylic acids is 1. The molecule has 0 aromatic heterocycles. The van der Waals surface area contributed by atoms with E-state index in [9.17, 15) is 4.79 Å². The molecule has 0 spiro atoms. The van der Waals surface area contributed by atoms with Gasteiger partial charge in [0.15, 0.2) is 11.5 Å². The SMILES string of the molecule is COc1cccc(C(=O)NCCN2CCN(c3ccc(Cl)cc3)CC2)c1OC. The fraction of sp³-hybridized carbons (Fsp3) is 0.381. The predicted molar refractivity (Wildman–Crippen MR) is 112 cm³/mol. The van der Waals surface area contributed by atoms with Crippen LogP contribution in [0.5, 0.6) is 11.5 Å². The van der Waals surface area contributed by atoms with Gasteiger partial charge in [-0.2, -0.15) is 0 Å². The van der Waals surface area contributed by atoms with E-state index in [0.29, 0.717) is 23.6 Å². The summed E-state index contributed by atoms with van der Waals surface area (Å²) in [5, 5.41) is 3.73. The summed E-state index contributed by atoms with van der Waals surface area (Å²) in [7, 11) is 3.10. The molecule has 1 heterocycles. The molecule has 1 aliphatic rings. The molecule has 2 aromatic rings. The summed E-state index contributed by atoms with van der Waals surface area (Å²) < 4.78 is 10.6. The maximum Gasteiger partial charge on any atom is 0.255 e. The molecular weight excluding hydrogens is 378 g/mol. The van der Waals surface area contributed by atoms with Gasteiger partial charge in [0, 0.05) is 50.0 Å². The van der Waals surface area contributed by atoms with Crippen molar-refractivity contribution in [3.8, 4) is 11.5 Å². The normalized spacial score (nSPS) is 14.6. The molecule has 0 atom stereocenters. The largest absolute Gasteiger partial charge is 0.493 e. The second kappa shape index (κ2) is 9.66. The lowest BCUT2D eigenvalue weighted by Gasteiger charge is -2.36. The van der Waals surface area contributed by atoms with Gasteiger partial charge in [0.25, 0.3) is 5.91 Å². The number of benzene rings is 2. The van der Waals surface area contributed by atoms with Crippen LogP contribution < -0.4 is 19.7 Å². The number of nitrogens with zero attached hydrogens (tertiary/aromatic N) is 2. The van der Waals surface area contributed by atoms with E-state index in [1.807, 2.05) is 12.1 Å². The summed E-state index contributed by atoms with van der Waals surface area (Å²) in [6.45, 7) is 5.23. The van der Waals surface area contributed by atoms with Gasteiger partial charge in [-0.15, -0.1) is 0 Å². The van der Waals surface area contributed by atoms with Gasteiger partial charge in [0.05, 0.1) is 19.8 Å². The molecule has 0 aliphatic carbocycles. The summed E-state index contributed by atoms with van der Waals surface area (Å²) >= 11 is 5.96. The monoisotopic (exact) mass is 403 g/mol. The van der Waals surface area contributed by atoms with Crippen molar-refractivity contribution in [2.24, 2.45) is 0 Å². The van der Waals surface area contributed by atoms with Crippen LogP contribution in [-0.2, 0) is 0 Å². The van der Waals surface area contributed by atoms with Gasteiger partial charge < -0.3 is 19.7 Å². The van der Waals surface area contributed by atoms with E-state index in [1.54, 1.807) is 25.3 Å². The molecule has 0 radical (unpaired) electrons. The van der Waals surface area contributed by atoms with Gasteiger partial charge in [-0.25, -0.2) is 0 Å². The third-order valence-corrected chi connectivity index (χ3v) is 5.18. The summed E-state index contributed by atoms with van der Waals surface area (Å²) in [5.41, 5.74) is 1.68. The van der Waals surface area contributed by atoms with Crippen LogP contribution in [0.1, 0.15) is 10.4 Å². The molecule has 2 aromatic carbocycles. The Labute approximate surface area is 171 Å². The highest BCUT2D eigenvalue weighted by molar-refractivity contribution is 6.30. The Kier molecular flexibility index (Phi) is 7.01. The average molecular weight is 404 g/mol. The minimum absolute atomic E-state index is 0.157. The molecule has 1 amide bonds. The molecule has 1 fully saturated rings. The van der Waals surface area contributed by atoms with E-state index in [4.69, 9.17) is 21.1 Å². The zero-order valence-electron chi connectivity index (χ0n) is 16.3. The van der Waals surface area contributed by atoms with Crippen LogP contribution in [0.25, 0.3) is 0 Å². The van der Waals surface area contributed by atoms with Crippen molar-refractivity contribution in [2.45, 2.75) is 0 Å². The molecule has 6 nitrogen and oxygen atoms in total. The fourth-order valence-electron chi connectivity index (χ4n) is 3.37. The lowest BCUT2D eigenvalue weighted by Crippen LogP contribution is -2.48. The Hall–Kier alpha value is -2.44. The molecule has 28 heavy (non-hydrogen) atoms. The number of nitrogens with one attached hydrogen (secondary N) is 1. The summed E-state index contributed by atoms with van der Waals surface area (Å²) in [6, 6.07) is 13.3. The number of methoxy groups -OCH3 is 2. The Morgan fingerprint density at radius 2 is 1.75 bits per heavy atom. The summed E-state index contributed by atoms with van der Waals surface area (Å²) in [5.74, 6) is 0.850. The first kappa shape index (κ1) is 20.3. The van der Waals surface area contributed by atoms with Crippen molar-refractivity contribution in [1.29, 1.82) is 0 Å². The van der Waals surface area contributed by atoms with E-state index in [0.717, 1.165) is 37.7 Å². The van der Waals surface area contributed by atoms with Crippen LogP contribution in [0.3, 0.4) is 0 Å². The third kappa shape index (κ3) is 4.88. The molecule has 0 saturated carbocycles. The third-order valence-electron chi connectivity index (χ3n) is 4.93. The van der Waals surface area contributed by atoms with Crippen LogP contribution in [0, 0.1) is 0 Å². The van der Waals surface area contributed by atoms with Crippen molar-refractivity contribution >= 4 is 23.2 Å². The van der Waals surface area contributed by atoms with Crippen LogP contribution in [0.2, 0.25) is 5.02 Å². The average Bonchev–Trinajstić information content (AvgIpc) is 2.74. The molecule has 0 bridgehead atoms. The van der Waals surface area contributed by atoms with Gasteiger partial charge in [0.1, 0.15) is 0 Å². The number of anilines is 1. The number of carbonyl (C=O) groups is 1. The smallest absolute Gasteiger partial charge is 0.255 e. The lowest BCUT2D eigenvalue weighted by atomic mass is 10.1. The van der Waals surface area contributed by atoms with E-state index in [1.165, 1.54) is 12.8 Å². The molecule has 1 saturated heterocycles. The van der Waals surface area contributed by atoms with Gasteiger partial charge in [-0.3, -0.25) is 9.69 Å². The predicted octanol–water partition coefficient (Wildman–Crippen LogP) is 2.91. The highest BCUT2D eigenvalue weighted by Gasteiger charge is 2.19. The van der Waals surface area contributed by atoms with Gasteiger partial charge in [0.2, 0.25) is 0 Å². The number of piperazine rings is 1. The Morgan fingerprint density at radius 1 is 1.04 bits per heavy atom. The van der Waals surface area contributed by atoms with Crippen LogP contribution in [0.15, 0.2) is 42.5 Å². The van der Waals surface area contributed by atoms with Gasteiger partial charge in [-0.1, -0.05) is 17.7 Å². The number of hydrogen-bond acceptors (Lipinski definition) is 5. The summed E-state index contributed by atoms with van der Waals surface area (Å²) in [4.78, 5) is 17.2. The van der Waals surface area contributed by atoms with Crippen molar-refractivity contribution in [2.75, 3.05) is 58.4 Å². The number of ether oxygens (including phenoxy) is 2. The number of rotatable bonds is 7. The Bertz CT molecular complexity index is 790. The molecule has 3 rings (SSSR count). The molecule has 1 N–H and O–H groups in total. The van der Waals surface area contributed by atoms with Crippen molar-refractivity contribution < 1.29 is 14.3 Å². The van der Waals surface area contributed by atoms with Crippen molar-refractivity contribution in [1.82, 2.24) is 10.2 Å². The first-order valence-corrected chi connectivity index (χ1v) is 9.72. The van der Waals surface area contributed by atoms with Crippen molar-refractivity contribution in [3.63, 3.8) is 0 Å². The minimum Gasteiger partial charge on any atom is -0.493 e. The maximum atomic E-state index is 12.5. The minimum atomic E-state index is -0.157. The standard InChI is InChI=1S/C21H26ClN3O3/c1-27-19-5-3-4-18(20(19)28-2)21(26)23-10-11-24-12-14-25(15-13-24)17-8-6-16(22)7-9-17/h3-9H,10-15H2,1-2H3,(H,23,26). The zero-order valence-corrected chi connectivity index (χ0v) is 17.0. The van der Waals surface area contributed by atoms with E-state index < -0.39 is 0 Å². The number of halogens is 1. The fourth-order valence-corrected chi connectivity index (χ4v) is 3.50. The Morgan fingerprint density at radius 3 is 2.39 bits per heavy atom. The second-order valence-electron chi connectivity index (χ2n) is 6.60. The second-order valence-corrected chi connectivity index (χ2v) is 7.04. The van der Waals surface area contributed by atoms with E-state index in [-0.39, 0.29) is 5.91 Å². The molecule has 1 aliphatic heterocycles. The van der Waals surface area contributed by atoms with Crippen molar-refractivity contribution in [3.05, 3.63) is 53.1 Å². The zero-order chi connectivity index (χ0) is 19.9. The lowest BCUT2D eigenvalue weighted by molar-refractivity contribution is 0.0944. The summed E-state index contributed by atoms with van der Waals surface area (Å²) in [6.07, 6.45) is 0. The molecular formula is C21H26ClN3O3. The maximum absolute atomic E-state index is 12.5. The van der Waals surface area contributed by atoms with Crippen LogP contribution in [0.4, 0.5) is 5.69 Å². The van der Waals surface area contributed by atoms with Crippen LogP contribution >= 0.6 is 11.6 Å². The first-order chi connectivity index (χ1) is 13.6. The van der Waals surface area contributed by atoms with Crippen LogP contribution in [-0.4, -0.2) is 64.3 Å². The Balaban J connectivity index is 1.46. The first-order valence-electron chi connectivity index (χ1n) is 9.34. The molecule has 150 valence electrons. The van der Waals surface area contributed by atoms with E-state index >= 15 is 0 Å². The van der Waals surface area contributed by atoms with E-state index in [2.05, 4.69) is 27.2 Å². The molecule has 7 heteroatoms. The van der Waals surface area contributed by atoms with Gasteiger partial charge >= 0.3 is 0 Å². The topological polar surface area (TPSA) is 54.0 Å². The number of para-hydroxylation sites is 1. The highest BCUT2D eigenvalue weighted by atomic mass is 35.5. The quantitative estimate of drug-likeness (QED) is 0.770. The number of hydrogen-bond donors (Lipinski definition) is 1. The van der Waals surface area contributed by atoms with Gasteiger partial charge in [-0.05, 0) is 36.4 Å².